The molecule has 1 aliphatic rings. The number of amides is 1. The number of nitrogens with zero attached hydrogens (tertiary/aromatic N) is 1. The Bertz CT molecular complexity index is 632. The van der Waals surface area contributed by atoms with E-state index in [9.17, 15) is 4.79 Å². The highest BCUT2D eigenvalue weighted by molar-refractivity contribution is 5.93. The number of carbonyl (C=O) groups excluding carboxylic acids is 1. The van der Waals surface area contributed by atoms with Crippen molar-refractivity contribution in [2.45, 2.75) is 19.5 Å². The molecule has 0 unspecified atom stereocenters. The summed E-state index contributed by atoms with van der Waals surface area (Å²) in [6, 6.07) is 14.1. The molecule has 1 N–H and O–H groups in total. The van der Waals surface area contributed by atoms with Gasteiger partial charge in [-0.15, -0.1) is 0 Å². The summed E-state index contributed by atoms with van der Waals surface area (Å²) >= 11 is 0. The second-order valence-electron chi connectivity index (χ2n) is 5.46. The highest BCUT2D eigenvalue weighted by Crippen LogP contribution is 2.14. The van der Waals surface area contributed by atoms with Crippen LogP contribution in [0.5, 0.6) is 0 Å². The van der Waals surface area contributed by atoms with Crippen molar-refractivity contribution in [3.8, 4) is 0 Å². The van der Waals surface area contributed by atoms with Crippen molar-refractivity contribution in [3.05, 3.63) is 71.7 Å². The van der Waals surface area contributed by atoms with E-state index in [1.807, 2.05) is 24.3 Å². The molecule has 0 saturated carbocycles. The SMILES string of the molecule is O=C(NCc1ccco1)C1=CCN(Cc2ccccc2)CC1. The van der Waals surface area contributed by atoms with Gasteiger partial charge in [0.25, 0.3) is 0 Å². The highest BCUT2D eigenvalue weighted by Gasteiger charge is 2.17. The van der Waals surface area contributed by atoms with E-state index in [1.54, 1.807) is 6.26 Å². The van der Waals surface area contributed by atoms with Crippen molar-refractivity contribution < 1.29 is 9.21 Å². The zero-order valence-electron chi connectivity index (χ0n) is 12.5. The fourth-order valence-corrected chi connectivity index (χ4v) is 2.60. The molecule has 2 aromatic rings. The summed E-state index contributed by atoms with van der Waals surface area (Å²) < 4.78 is 5.21. The van der Waals surface area contributed by atoms with Gasteiger partial charge in [-0.1, -0.05) is 36.4 Å². The normalized spacial score (nSPS) is 15.4. The average molecular weight is 296 g/mol. The van der Waals surface area contributed by atoms with E-state index in [-0.39, 0.29) is 5.91 Å². The third-order valence-corrected chi connectivity index (χ3v) is 3.84. The lowest BCUT2D eigenvalue weighted by molar-refractivity contribution is -0.118. The van der Waals surface area contributed by atoms with Gasteiger partial charge in [-0.25, -0.2) is 0 Å². The number of hydrogen-bond acceptors (Lipinski definition) is 3. The Morgan fingerprint density at radius 2 is 2.05 bits per heavy atom. The van der Waals surface area contributed by atoms with Gasteiger partial charge in [-0.2, -0.15) is 0 Å². The number of carbonyl (C=O) groups is 1. The largest absolute Gasteiger partial charge is 0.467 e. The molecule has 0 radical (unpaired) electrons. The van der Waals surface area contributed by atoms with Crippen molar-refractivity contribution in [2.75, 3.05) is 13.1 Å². The van der Waals surface area contributed by atoms with Gasteiger partial charge < -0.3 is 9.73 Å². The standard InChI is InChI=1S/C18H20N2O2/c21-18(19-13-17-7-4-12-22-17)16-8-10-20(11-9-16)14-15-5-2-1-3-6-15/h1-8,12H,9-11,13-14H2,(H,19,21). The maximum atomic E-state index is 12.1. The molecule has 114 valence electrons. The summed E-state index contributed by atoms with van der Waals surface area (Å²) in [6.07, 6.45) is 4.43. The van der Waals surface area contributed by atoms with Gasteiger partial charge in [0.1, 0.15) is 5.76 Å². The third kappa shape index (κ3) is 3.86. The van der Waals surface area contributed by atoms with Crippen molar-refractivity contribution in [1.29, 1.82) is 0 Å². The number of benzene rings is 1. The lowest BCUT2D eigenvalue weighted by Gasteiger charge is -2.25. The molecule has 0 bridgehead atoms. The zero-order valence-corrected chi connectivity index (χ0v) is 12.5. The van der Waals surface area contributed by atoms with Crippen molar-refractivity contribution >= 4 is 5.91 Å². The van der Waals surface area contributed by atoms with E-state index in [1.165, 1.54) is 5.56 Å². The number of rotatable bonds is 5. The Labute approximate surface area is 130 Å². The molecule has 0 fully saturated rings. The van der Waals surface area contributed by atoms with Crippen LogP contribution < -0.4 is 5.32 Å². The van der Waals surface area contributed by atoms with Crippen LogP contribution in [0, 0.1) is 0 Å². The lowest BCUT2D eigenvalue weighted by atomic mass is 10.1. The minimum Gasteiger partial charge on any atom is -0.467 e. The van der Waals surface area contributed by atoms with E-state index >= 15 is 0 Å². The minimum absolute atomic E-state index is 0.00996. The van der Waals surface area contributed by atoms with Crippen LogP contribution in [-0.2, 0) is 17.9 Å². The number of hydrogen-bond donors (Lipinski definition) is 1. The van der Waals surface area contributed by atoms with Gasteiger partial charge in [0.05, 0.1) is 12.8 Å². The zero-order chi connectivity index (χ0) is 15.2. The minimum atomic E-state index is 0.00996. The predicted molar refractivity (Wildman–Crippen MR) is 85.0 cm³/mol. The van der Waals surface area contributed by atoms with E-state index in [4.69, 9.17) is 4.42 Å². The summed E-state index contributed by atoms with van der Waals surface area (Å²) in [4.78, 5) is 14.5. The summed E-state index contributed by atoms with van der Waals surface area (Å²) in [5.74, 6) is 0.784. The Hall–Kier alpha value is -2.33. The molecule has 1 amide bonds. The first-order chi connectivity index (χ1) is 10.8. The lowest BCUT2D eigenvalue weighted by Crippen LogP contribution is -2.33. The quantitative estimate of drug-likeness (QED) is 0.923. The number of furan rings is 1. The van der Waals surface area contributed by atoms with E-state index in [0.717, 1.165) is 37.4 Å². The Balaban J connectivity index is 1.49. The van der Waals surface area contributed by atoms with Crippen LogP contribution in [0.3, 0.4) is 0 Å². The van der Waals surface area contributed by atoms with E-state index in [2.05, 4.69) is 34.5 Å². The van der Waals surface area contributed by atoms with Crippen molar-refractivity contribution in [3.63, 3.8) is 0 Å². The van der Waals surface area contributed by atoms with Gasteiger partial charge in [-0.3, -0.25) is 9.69 Å². The molecule has 1 aromatic heterocycles. The average Bonchev–Trinajstić information content (AvgIpc) is 3.08. The molecule has 1 aromatic carbocycles. The smallest absolute Gasteiger partial charge is 0.247 e. The summed E-state index contributed by atoms with van der Waals surface area (Å²) in [5, 5.41) is 2.90. The first kappa shape index (κ1) is 14.6. The second-order valence-corrected chi connectivity index (χ2v) is 5.46. The van der Waals surface area contributed by atoms with Crippen LogP contribution in [0.2, 0.25) is 0 Å². The summed E-state index contributed by atoms with van der Waals surface area (Å²) in [7, 11) is 0. The molecular weight excluding hydrogens is 276 g/mol. The van der Waals surface area contributed by atoms with Crippen LogP contribution in [-0.4, -0.2) is 23.9 Å². The Morgan fingerprint density at radius 3 is 2.73 bits per heavy atom. The molecular formula is C18H20N2O2. The van der Waals surface area contributed by atoms with Gasteiger partial charge in [0.15, 0.2) is 0 Å². The monoisotopic (exact) mass is 296 g/mol. The van der Waals surface area contributed by atoms with Crippen LogP contribution in [0.15, 0.2) is 64.8 Å². The second kappa shape index (κ2) is 7.09. The first-order valence-electron chi connectivity index (χ1n) is 7.57. The fraction of sp³-hybridized carbons (Fsp3) is 0.278. The first-order valence-corrected chi connectivity index (χ1v) is 7.57. The summed E-state index contributed by atoms with van der Waals surface area (Å²) in [6.45, 7) is 3.10. The molecule has 22 heavy (non-hydrogen) atoms. The van der Waals surface area contributed by atoms with Gasteiger partial charge in [-0.05, 0) is 24.1 Å². The van der Waals surface area contributed by atoms with Crippen LogP contribution >= 0.6 is 0 Å². The van der Waals surface area contributed by atoms with Crippen LogP contribution in [0.1, 0.15) is 17.7 Å². The number of nitrogens with one attached hydrogen (secondary N) is 1. The molecule has 3 rings (SSSR count). The van der Waals surface area contributed by atoms with E-state index < -0.39 is 0 Å². The van der Waals surface area contributed by atoms with Crippen LogP contribution in [0.25, 0.3) is 0 Å². The predicted octanol–water partition coefficient (Wildman–Crippen LogP) is 2.73. The Morgan fingerprint density at radius 1 is 1.18 bits per heavy atom. The highest BCUT2D eigenvalue weighted by atomic mass is 16.3. The molecule has 4 nitrogen and oxygen atoms in total. The molecule has 0 atom stereocenters. The third-order valence-electron chi connectivity index (χ3n) is 3.84. The maximum Gasteiger partial charge on any atom is 0.247 e. The topological polar surface area (TPSA) is 45.5 Å². The van der Waals surface area contributed by atoms with Gasteiger partial charge in [0, 0.05) is 25.2 Å². The molecule has 0 spiro atoms. The fourth-order valence-electron chi connectivity index (χ4n) is 2.60. The molecule has 4 heteroatoms. The molecule has 0 aliphatic carbocycles. The summed E-state index contributed by atoms with van der Waals surface area (Å²) in [5.41, 5.74) is 2.18. The molecule has 2 heterocycles. The van der Waals surface area contributed by atoms with Crippen molar-refractivity contribution in [2.24, 2.45) is 0 Å². The Kier molecular flexibility index (Phi) is 4.71. The maximum absolute atomic E-state index is 12.1. The van der Waals surface area contributed by atoms with Crippen LogP contribution in [0.4, 0.5) is 0 Å². The van der Waals surface area contributed by atoms with Gasteiger partial charge >= 0.3 is 0 Å². The molecule has 1 aliphatic heterocycles. The van der Waals surface area contributed by atoms with Gasteiger partial charge in [0.2, 0.25) is 5.91 Å². The van der Waals surface area contributed by atoms with E-state index in [0.29, 0.717) is 6.54 Å². The molecule has 0 saturated heterocycles. The van der Waals surface area contributed by atoms with Crippen molar-refractivity contribution in [1.82, 2.24) is 10.2 Å².